The summed E-state index contributed by atoms with van der Waals surface area (Å²) in [5, 5.41) is 2.84. The molecule has 0 spiro atoms. The maximum atomic E-state index is 11.7. The third-order valence-electron chi connectivity index (χ3n) is 4.11. The van der Waals surface area contributed by atoms with E-state index in [-0.39, 0.29) is 5.04 Å². The molecule has 0 atom stereocenters. The minimum atomic E-state index is -1.71. The molecule has 1 amide bonds. The molecule has 0 bridgehead atoms. The van der Waals surface area contributed by atoms with Crippen molar-refractivity contribution in [2.75, 3.05) is 11.9 Å². The van der Waals surface area contributed by atoms with Gasteiger partial charge in [-0.1, -0.05) is 26.8 Å². The monoisotopic (exact) mass is 352 g/mol. The fourth-order valence-electron chi connectivity index (χ4n) is 1.70. The Morgan fingerprint density at radius 1 is 1.17 bits per heavy atom. The minimum Gasteiger partial charge on any atom is -0.444 e. The summed E-state index contributed by atoms with van der Waals surface area (Å²) in [5.74, 6) is 0.485. The lowest BCUT2D eigenvalue weighted by atomic mass is 10.2. The van der Waals surface area contributed by atoms with Gasteiger partial charge in [0.15, 0.2) is 8.32 Å². The smallest absolute Gasteiger partial charge is 0.413 e. The summed E-state index contributed by atoms with van der Waals surface area (Å²) in [6.45, 7) is 17.4. The molecule has 1 heterocycles. The van der Waals surface area contributed by atoms with Crippen molar-refractivity contribution in [1.82, 2.24) is 4.98 Å². The molecule has 136 valence electrons. The fourth-order valence-corrected chi connectivity index (χ4v) is 2.74. The van der Waals surface area contributed by atoms with Crippen LogP contribution in [0.5, 0.6) is 0 Å². The molecule has 1 aromatic heterocycles. The van der Waals surface area contributed by atoms with Crippen LogP contribution >= 0.6 is 0 Å². The maximum Gasteiger partial charge on any atom is 0.413 e. The van der Waals surface area contributed by atoms with Gasteiger partial charge in [-0.25, -0.2) is 9.78 Å². The van der Waals surface area contributed by atoms with E-state index < -0.39 is 20.0 Å². The topological polar surface area (TPSA) is 60.5 Å². The molecule has 0 aliphatic carbocycles. The standard InChI is InChI=1S/C18H32N2O3Si/c1-17(2,3)23-16(21)20-15-10-9-14(13-19-15)11-12-22-24(7,8)18(4,5)6/h9-10,13H,11-12H2,1-8H3,(H,19,20,21). The Balaban J connectivity index is 2.50. The van der Waals surface area contributed by atoms with Gasteiger partial charge in [0.1, 0.15) is 11.4 Å². The van der Waals surface area contributed by atoms with E-state index in [0.717, 1.165) is 12.0 Å². The van der Waals surface area contributed by atoms with Crippen LogP contribution in [0, 0.1) is 0 Å². The van der Waals surface area contributed by atoms with Gasteiger partial charge in [-0.3, -0.25) is 5.32 Å². The number of ether oxygens (including phenoxy) is 1. The van der Waals surface area contributed by atoms with Crippen LogP contribution in [0.3, 0.4) is 0 Å². The summed E-state index contributed by atoms with van der Waals surface area (Å²) in [5.41, 5.74) is 0.564. The number of hydrogen-bond acceptors (Lipinski definition) is 4. The van der Waals surface area contributed by atoms with Gasteiger partial charge in [0.2, 0.25) is 0 Å². The number of rotatable bonds is 5. The second-order valence-corrected chi connectivity index (χ2v) is 13.3. The van der Waals surface area contributed by atoms with Crippen molar-refractivity contribution in [2.45, 2.75) is 71.7 Å². The molecular weight excluding hydrogens is 320 g/mol. The minimum absolute atomic E-state index is 0.215. The quantitative estimate of drug-likeness (QED) is 0.758. The van der Waals surface area contributed by atoms with Crippen molar-refractivity contribution in [2.24, 2.45) is 0 Å². The van der Waals surface area contributed by atoms with E-state index in [4.69, 9.17) is 9.16 Å². The lowest BCUT2D eigenvalue weighted by molar-refractivity contribution is 0.0635. The average molecular weight is 353 g/mol. The van der Waals surface area contributed by atoms with Gasteiger partial charge in [-0.2, -0.15) is 0 Å². The van der Waals surface area contributed by atoms with Crippen LogP contribution in [0.25, 0.3) is 0 Å². The molecule has 5 nitrogen and oxygen atoms in total. The highest BCUT2D eigenvalue weighted by Crippen LogP contribution is 2.36. The molecule has 0 unspecified atom stereocenters. The molecule has 0 aliphatic heterocycles. The third-order valence-corrected chi connectivity index (χ3v) is 8.65. The summed E-state index contributed by atoms with van der Waals surface area (Å²) < 4.78 is 11.4. The number of nitrogens with zero attached hydrogens (tertiary/aromatic N) is 1. The highest BCUT2D eigenvalue weighted by molar-refractivity contribution is 6.74. The van der Waals surface area contributed by atoms with Gasteiger partial charge in [0, 0.05) is 12.8 Å². The predicted octanol–water partition coefficient (Wildman–Crippen LogP) is 4.99. The van der Waals surface area contributed by atoms with E-state index >= 15 is 0 Å². The molecule has 0 saturated carbocycles. The van der Waals surface area contributed by atoms with Crippen LogP contribution < -0.4 is 5.32 Å². The number of carbonyl (C=O) groups is 1. The van der Waals surface area contributed by atoms with Crippen molar-refractivity contribution >= 4 is 20.2 Å². The first kappa shape index (κ1) is 20.6. The van der Waals surface area contributed by atoms with Crippen molar-refractivity contribution in [1.29, 1.82) is 0 Å². The zero-order valence-corrected chi connectivity index (χ0v) is 17.3. The summed E-state index contributed by atoms with van der Waals surface area (Å²) in [4.78, 5) is 16.0. The number of amides is 1. The van der Waals surface area contributed by atoms with Gasteiger partial charge in [0.05, 0.1) is 0 Å². The zero-order chi connectivity index (χ0) is 18.6. The SMILES string of the molecule is CC(C)(C)OC(=O)Nc1ccc(CCO[Si](C)(C)C(C)(C)C)cn1. The van der Waals surface area contributed by atoms with Gasteiger partial charge < -0.3 is 9.16 Å². The summed E-state index contributed by atoms with van der Waals surface area (Å²) in [7, 11) is -1.71. The number of carbonyl (C=O) groups excluding carboxylic acids is 1. The lowest BCUT2D eigenvalue weighted by Crippen LogP contribution is -2.41. The molecular formula is C18H32N2O3Si. The van der Waals surface area contributed by atoms with Gasteiger partial charge in [0.25, 0.3) is 0 Å². The van der Waals surface area contributed by atoms with Crippen LogP contribution in [0.4, 0.5) is 10.6 Å². The summed E-state index contributed by atoms with van der Waals surface area (Å²) >= 11 is 0. The van der Waals surface area contributed by atoms with Crippen molar-refractivity contribution in [3.63, 3.8) is 0 Å². The Labute approximate surface area is 147 Å². The highest BCUT2D eigenvalue weighted by Gasteiger charge is 2.36. The number of aromatic nitrogens is 1. The molecule has 0 aliphatic rings. The molecule has 6 heteroatoms. The molecule has 0 radical (unpaired) electrons. The molecule has 1 N–H and O–H groups in total. The molecule has 1 rings (SSSR count). The molecule has 24 heavy (non-hydrogen) atoms. The van der Waals surface area contributed by atoms with Crippen LogP contribution in [0.2, 0.25) is 18.1 Å². The van der Waals surface area contributed by atoms with Crippen LogP contribution in [-0.4, -0.2) is 31.6 Å². The van der Waals surface area contributed by atoms with E-state index in [1.165, 1.54) is 0 Å². The van der Waals surface area contributed by atoms with Crippen molar-refractivity contribution in [3.05, 3.63) is 23.9 Å². The largest absolute Gasteiger partial charge is 0.444 e. The van der Waals surface area contributed by atoms with E-state index in [1.807, 2.05) is 26.8 Å². The van der Waals surface area contributed by atoms with E-state index in [2.05, 4.69) is 44.2 Å². The normalized spacial score (nSPS) is 12.8. The zero-order valence-electron chi connectivity index (χ0n) is 16.3. The van der Waals surface area contributed by atoms with E-state index in [0.29, 0.717) is 12.4 Å². The van der Waals surface area contributed by atoms with Crippen LogP contribution in [0.1, 0.15) is 47.1 Å². The van der Waals surface area contributed by atoms with Gasteiger partial charge in [-0.15, -0.1) is 0 Å². The Bertz CT molecular complexity index is 543. The molecule has 0 fully saturated rings. The fraction of sp³-hybridized carbons (Fsp3) is 0.667. The Kier molecular flexibility index (Phi) is 6.58. The van der Waals surface area contributed by atoms with Crippen molar-refractivity contribution in [3.8, 4) is 0 Å². The maximum absolute atomic E-state index is 11.7. The van der Waals surface area contributed by atoms with Crippen molar-refractivity contribution < 1.29 is 14.0 Å². The number of pyridine rings is 1. The molecule has 0 saturated heterocycles. The predicted molar refractivity (Wildman–Crippen MR) is 101 cm³/mol. The number of hydrogen-bond donors (Lipinski definition) is 1. The molecule has 1 aromatic rings. The second-order valence-electron chi connectivity index (χ2n) is 8.54. The Hall–Kier alpha value is -1.40. The van der Waals surface area contributed by atoms with Crippen LogP contribution in [0.15, 0.2) is 18.3 Å². The Morgan fingerprint density at radius 2 is 1.79 bits per heavy atom. The van der Waals surface area contributed by atoms with Crippen LogP contribution in [-0.2, 0) is 15.6 Å². The summed E-state index contributed by atoms with van der Waals surface area (Å²) in [6.07, 6.45) is 2.08. The van der Waals surface area contributed by atoms with E-state index in [9.17, 15) is 4.79 Å². The van der Waals surface area contributed by atoms with Gasteiger partial charge >= 0.3 is 6.09 Å². The van der Waals surface area contributed by atoms with Gasteiger partial charge in [-0.05, 0) is 57.0 Å². The number of anilines is 1. The van der Waals surface area contributed by atoms with E-state index in [1.54, 1.807) is 12.3 Å². The first-order valence-electron chi connectivity index (χ1n) is 8.39. The summed E-state index contributed by atoms with van der Waals surface area (Å²) in [6, 6.07) is 3.74. The Morgan fingerprint density at radius 3 is 2.25 bits per heavy atom. The second kappa shape index (κ2) is 7.65. The number of nitrogens with one attached hydrogen (secondary N) is 1. The lowest BCUT2D eigenvalue weighted by Gasteiger charge is -2.36. The first-order chi connectivity index (χ1) is 10.8. The molecule has 0 aromatic carbocycles. The third kappa shape index (κ3) is 7.01. The highest BCUT2D eigenvalue weighted by atomic mass is 28.4. The first-order valence-corrected chi connectivity index (χ1v) is 11.3. The average Bonchev–Trinajstić information content (AvgIpc) is 2.37.